The van der Waals surface area contributed by atoms with E-state index in [-0.39, 0.29) is 60.8 Å². The van der Waals surface area contributed by atoms with Crippen LogP contribution in [0.1, 0.15) is 65.5 Å². The highest BCUT2D eigenvalue weighted by Gasteiger charge is 2.36. The Morgan fingerprint density at radius 2 is 1.70 bits per heavy atom. The number of aliphatic hydroxyl groups is 2. The number of H-pyrrole nitrogens is 2. The molecular weight excluding hydrogens is 552 g/mol. The van der Waals surface area contributed by atoms with Crippen molar-refractivity contribution >= 4 is 23.0 Å². The number of phenolic OH excluding ortho intramolecular Hbond substituents is 1. The summed E-state index contributed by atoms with van der Waals surface area (Å²) < 4.78 is 0. The lowest BCUT2D eigenvalue weighted by Gasteiger charge is -2.33. The van der Waals surface area contributed by atoms with Crippen molar-refractivity contribution in [2.24, 2.45) is 17.8 Å². The first-order chi connectivity index (χ1) is 20.6. The molecule has 12 heteroatoms. The zero-order valence-electron chi connectivity index (χ0n) is 25.0. The number of phenols is 1. The van der Waals surface area contributed by atoms with E-state index in [1.165, 1.54) is 6.92 Å². The van der Waals surface area contributed by atoms with E-state index in [1.807, 2.05) is 37.2 Å². The van der Waals surface area contributed by atoms with Gasteiger partial charge in [-0.15, -0.1) is 0 Å². The number of anilines is 1. The summed E-state index contributed by atoms with van der Waals surface area (Å²) in [5.74, 6) is -2.15. The van der Waals surface area contributed by atoms with Gasteiger partial charge >= 0.3 is 0 Å². The number of nitrogens with one attached hydrogen (secondary N) is 2. The molecule has 0 saturated carbocycles. The number of hydrogen-bond acceptors (Lipinski definition) is 10. The topological polar surface area (TPSA) is 176 Å². The third-order valence-corrected chi connectivity index (χ3v) is 8.23. The fraction of sp³-hybridized carbons (Fsp3) is 0.516. The zero-order valence-corrected chi connectivity index (χ0v) is 25.0. The number of aromatic nitrogens is 4. The first-order valence-electron chi connectivity index (χ1n) is 14.6. The molecule has 4 rings (SSSR count). The molecule has 1 aliphatic carbocycles. The van der Waals surface area contributed by atoms with Crippen LogP contribution in [0.3, 0.4) is 0 Å². The van der Waals surface area contributed by atoms with E-state index in [4.69, 9.17) is 0 Å². The van der Waals surface area contributed by atoms with Crippen LogP contribution < -0.4 is 4.90 Å². The Hall–Kier alpha value is -3.87. The number of nitrogens with zero attached hydrogens (tertiary/aromatic N) is 4. The van der Waals surface area contributed by atoms with Gasteiger partial charge in [0.2, 0.25) is 0 Å². The lowest BCUT2D eigenvalue weighted by molar-refractivity contribution is -0.131. The van der Waals surface area contributed by atoms with Crippen molar-refractivity contribution in [1.82, 2.24) is 25.3 Å². The Morgan fingerprint density at radius 1 is 1.05 bits per heavy atom. The summed E-state index contributed by atoms with van der Waals surface area (Å²) >= 11 is 0. The second-order valence-electron chi connectivity index (χ2n) is 11.8. The average molecular weight is 595 g/mol. The first-order valence-corrected chi connectivity index (χ1v) is 14.6. The molecule has 0 spiro atoms. The predicted octanol–water partition coefficient (Wildman–Crippen LogP) is 2.40. The van der Waals surface area contributed by atoms with E-state index < -0.39 is 12.5 Å². The van der Waals surface area contributed by atoms with Crippen molar-refractivity contribution < 1.29 is 29.7 Å². The van der Waals surface area contributed by atoms with Gasteiger partial charge in [0.1, 0.15) is 17.3 Å². The van der Waals surface area contributed by atoms with Crippen molar-refractivity contribution in [3.8, 4) is 5.75 Å². The van der Waals surface area contributed by atoms with Gasteiger partial charge in [-0.1, -0.05) is 0 Å². The Kier molecular flexibility index (Phi) is 10.8. The fourth-order valence-corrected chi connectivity index (χ4v) is 6.27. The van der Waals surface area contributed by atoms with Crippen LogP contribution in [0.2, 0.25) is 0 Å². The maximum atomic E-state index is 13.7. The maximum absolute atomic E-state index is 13.7. The summed E-state index contributed by atoms with van der Waals surface area (Å²) in [6.45, 7) is 2.17. The molecule has 0 amide bonds. The van der Waals surface area contributed by atoms with Crippen LogP contribution >= 0.6 is 0 Å². The van der Waals surface area contributed by atoms with Crippen molar-refractivity contribution in [3.63, 3.8) is 0 Å². The second kappa shape index (κ2) is 14.5. The molecule has 0 radical (unpaired) electrons. The number of aromatic hydroxyl groups is 1. The summed E-state index contributed by atoms with van der Waals surface area (Å²) in [6, 6.07) is 5.70. The highest BCUT2D eigenvalue weighted by molar-refractivity contribution is 6.03. The number of aliphatic hydroxyl groups excluding tert-OH is 2. The summed E-state index contributed by atoms with van der Waals surface area (Å²) in [5, 5.41) is 45.3. The van der Waals surface area contributed by atoms with Gasteiger partial charge < -0.3 is 20.2 Å². The van der Waals surface area contributed by atoms with Gasteiger partial charge in [0.05, 0.1) is 18.6 Å². The molecule has 1 aliphatic rings. The van der Waals surface area contributed by atoms with Gasteiger partial charge in [0.15, 0.2) is 5.78 Å². The highest BCUT2D eigenvalue weighted by Crippen LogP contribution is 2.43. The molecule has 5 N–H and O–H groups in total. The van der Waals surface area contributed by atoms with E-state index >= 15 is 0 Å². The van der Waals surface area contributed by atoms with Crippen LogP contribution in [-0.2, 0) is 35.6 Å². The van der Waals surface area contributed by atoms with Crippen LogP contribution in [-0.4, -0.2) is 85.3 Å². The number of ketones is 3. The molecular formula is C31H42N6O6. The lowest BCUT2D eigenvalue weighted by Crippen LogP contribution is -2.33. The second-order valence-corrected chi connectivity index (χ2v) is 11.8. The van der Waals surface area contributed by atoms with Gasteiger partial charge in [-0.05, 0) is 61.8 Å². The number of Topliss-reactive ketones (excluding diaryl/α,β-unsaturated/α-hetero) is 3. The smallest absolute Gasteiger partial charge is 0.167 e. The number of aromatic amines is 2. The molecule has 3 aromatic rings. The number of benzene rings is 1. The molecule has 232 valence electrons. The minimum absolute atomic E-state index is 0.0277. The molecule has 12 nitrogen and oxygen atoms in total. The summed E-state index contributed by atoms with van der Waals surface area (Å²) in [4.78, 5) is 42.0. The number of carbonyl (C=O) groups is 3. The molecule has 2 aromatic heterocycles. The molecule has 3 unspecified atom stereocenters. The van der Waals surface area contributed by atoms with Gasteiger partial charge in [-0.3, -0.25) is 29.5 Å². The van der Waals surface area contributed by atoms with Crippen molar-refractivity contribution in [3.05, 3.63) is 58.7 Å². The van der Waals surface area contributed by atoms with Gasteiger partial charge in [0, 0.05) is 87.7 Å². The number of carbonyl (C=O) groups excluding carboxylic acids is 3. The van der Waals surface area contributed by atoms with Gasteiger partial charge in [-0.25, -0.2) is 0 Å². The highest BCUT2D eigenvalue weighted by atomic mass is 16.3. The molecule has 2 heterocycles. The Morgan fingerprint density at radius 3 is 2.21 bits per heavy atom. The monoisotopic (exact) mass is 594 g/mol. The molecule has 3 atom stereocenters. The normalized spacial score (nSPS) is 16.2. The molecule has 1 aromatic carbocycles. The maximum Gasteiger partial charge on any atom is 0.167 e. The minimum Gasteiger partial charge on any atom is -0.507 e. The van der Waals surface area contributed by atoms with Gasteiger partial charge in [-0.2, -0.15) is 10.2 Å². The first kappa shape index (κ1) is 32.1. The Labute approximate surface area is 251 Å². The quantitative estimate of drug-likeness (QED) is 0.155. The third-order valence-electron chi connectivity index (χ3n) is 8.23. The van der Waals surface area contributed by atoms with Crippen LogP contribution in [0.15, 0.2) is 30.6 Å². The van der Waals surface area contributed by atoms with Crippen molar-refractivity contribution in [2.45, 2.75) is 58.7 Å². The minimum atomic E-state index is -0.785. The molecule has 43 heavy (non-hydrogen) atoms. The van der Waals surface area contributed by atoms with E-state index in [9.17, 15) is 29.7 Å². The SMILES string of the molecule is CC(=O)CC(=O)C(CO)C(CCO)CC1CC(=O)c2c(O)c(CN(Cc3ccn[nH]3)Cc3ccn[nH]3)cc(N(C)C)c2C1. The third kappa shape index (κ3) is 7.95. The summed E-state index contributed by atoms with van der Waals surface area (Å²) in [5.41, 5.74) is 4.34. The number of rotatable bonds is 16. The largest absolute Gasteiger partial charge is 0.507 e. The lowest BCUT2D eigenvalue weighted by atomic mass is 9.73. The van der Waals surface area contributed by atoms with E-state index in [1.54, 1.807) is 12.4 Å². The van der Waals surface area contributed by atoms with Crippen molar-refractivity contribution in [2.75, 3.05) is 32.2 Å². The molecule has 0 fully saturated rings. The van der Waals surface area contributed by atoms with Crippen molar-refractivity contribution in [1.29, 1.82) is 0 Å². The average Bonchev–Trinajstić information content (AvgIpc) is 3.64. The standard InChI is InChI=1S/C31H42N6O6/c1-19(40)10-28(41)26(18-39)21(6-9-38)11-20-12-25-27(36(2)3)14-22(31(43)30(25)29(42)13-20)15-37(16-23-4-7-32-34-23)17-24-5-8-33-35-24/h4-5,7-8,14,20-21,26,38-39,43H,6,9-13,15-18H2,1-3H3,(H,32,34)(H,33,35). The fourth-order valence-electron chi connectivity index (χ4n) is 6.27. The Bertz CT molecular complexity index is 1350. The molecule has 0 bridgehead atoms. The predicted molar refractivity (Wildman–Crippen MR) is 159 cm³/mol. The summed E-state index contributed by atoms with van der Waals surface area (Å²) in [6.07, 6.45) is 4.48. The van der Waals surface area contributed by atoms with Crippen LogP contribution in [0.25, 0.3) is 0 Å². The molecule has 0 saturated heterocycles. The Balaban J connectivity index is 1.62. The summed E-state index contributed by atoms with van der Waals surface area (Å²) in [7, 11) is 3.79. The molecule has 0 aliphatic heterocycles. The van der Waals surface area contributed by atoms with Gasteiger partial charge in [0.25, 0.3) is 0 Å². The van der Waals surface area contributed by atoms with Crippen LogP contribution in [0.5, 0.6) is 5.75 Å². The van der Waals surface area contributed by atoms with E-state index in [2.05, 4.69) is 25.3 Å². The van der Waals surface area contributed by atoms with E-state index in [0.717, 1.165) is 22.6 Å². The van der Waals surface area contributed by atoms with E-state index in [0.29, 0.717) is 43.6 Å². The number of fused-ring (bicyclic) bond motifs is 1. The zero-order chi connectivity index (χ0) is 31.1. The van der Waals surface area contributed by atoms with Crippen LogP contribution in [0, 0.1) is 17.8 Å². The van der Waals surface area contributed by atoms with Crippen LogP contribution in [0.4, 0.5) is 5.69 Å². The number of hydrogen-bond donors (Lipinski definition) is 5.